The van der Waals surface area contributed by atoms with Crippen molar-refractivity contribution in [1.82, 2.24) is 0 Å². The number of benzene rings is 2. The van der Waals surface area contributed by atoms with Crippen molar-refractivity contribution in [3.63, 3.8) is 0 Å². The zero-order valence-corrected chi connectivity index (χ0v) is 38.7. The molecule has 2 aromatic rings. The number of hydrogen-bond donors (Lipinski definition) is 0. The molecule has 292 valence electrons. The Balaban J connectivity index is 2.55. The molecule has 2 unspecified atom stereocenters. The number of hydrogen-bond acceptors (Lipinski definition) is 0. The maximum absolute atomic E-state index is 3.69. The van der Waals surface area contributed by atoms with Gasteiger partial charge in [-0.2, -0.15) is 0 Å². The van der Waals surface area contributed by atoms with Crippen LogP contribution in [0.15, 0.2) is 48.5 Å². The Hall–Kier alpha value is -1.08. The number of halogens is 1. The summed E-state index contributed by atoms with van der Waals surface area (Å²) in [6, 6.07) is 19.2. The maximum atomic E-state index is 3.69. The Morgan fingerprint density at radius 2 is 0.824 bits per heavy atom. The monoisotopic (exact) mass is 765 g/mol. The second-order valence-electron chi connectivity index (χ2n) is 21.6. The van der Waals surface area contributed by atoms with E-state index >= 15 is 0 Å². The SMILES string of the molecule is CCCCCCC(C)(C)C(c1ccc(C)cc1)C(C)(C)CC(C)(C)C(C)(C)C(C)(C)CC(C)(C)C(c1ccc(CBr)cc1)C(C)(C)CCCCC. The zero-order valence-electron chi connectivity index (χ0n) is 37.1. The minimum atomic E-state index is 0.0916. The Morgan fingerprint density at radius 1 is 0.471 bits per heavy atom. The highest BCUT2D eigenvalue weighted by atomic mass is 79.9. The fourth-order valence-electron chi connectivity index (χ4n) is 11.4. The third-order valence-electron chi connectivity index (χ3n) is 14.3. The van der Waals surface area contributed by atoms with Gasteiger partial charge in [0.05, 0.1) is 0 Å². The molecule has 51 heavy (non-hydrogen) atoms. The van der Waals surface area contributed by atoms with Crippen LogP contribution in [0.3, 0.4) is 0 Å². The van der Waals surface area contributed by atoms with Gasteiger partial charge >= 0.3 is 0 Å². The smallest absolute Gasteiger partial charge is 0.0283 e. The van der Waals surface area contributed by atoms with Gasteiger partial charge in [-0.3, -0.25) is 0 Å². The van der Waals surface area contributed by atoms with Gasteiger partial charge in [0, 0.05) is 5.33 Å². The predicted octanol–water partition coefficient (Wildman–Crippen LogP) is 17.3. The van der Waals surface area contributed by atoms with Crippen LogP contribution in [0, 0.1) is 44.8 Å². The summed E-state index contributed by atoms with van der Waals surface area (Å²) in [5.41, 5.74) is 6.72. The summed E-state index contributed by atoms with van der Waals surface area (Å²) in [6.07, 6.45) is 14.1. The Labute approximate surface area is 328 Å². The highest BCUT2D eigenvalue weighted by molar-refractivity contribution is 9.08. The van der Waals surface area contributed by atoms with Gasteiger partial charge in [-0.05, 0) is 99.0 Å². The van der Waals surface area contributed by atoms with E-state index in [4.69, 9.17) is 0 Å². The predicted molar refractivity (Wildman–Crippen MR) is 234 cm³/mol. The standard InChI is InChI=1S/C50H85Br/c1-18-20-22-24-34-45(6,7)42(40-29-25-38(3)26-30-40)46(8,9)36-48(12,13)50(16,17)49(14,15)37-47(10,11)43(44(4,5)33-23-21-19-2)41-31-27-39(35-51)28-32-41/h25-32,42-43H,18-24,33-37H2,1-17H3. The molecule has 0 bridgehead atoms. The molecule has 0 saturated heterocycles. The highest BCUT2D eigenvalue weighted by Crippen LogP contribution is 2.64. The summed E-state index contributed by atoms with van der Waals surface area (Å²) < 4.78 is 0. The number of aryl methyl sites for hydroxylation is 1. The number of alkyl halides is 1. The van der Waals surface area contributed by atoms with Gasteiger partial charge in [0.2, 0.25) is 0 Å². The van der Waals surface area contributed by atoms with E-state index in [2.05, 4.69) is 182 Å². The molecule has 0 aliphatic carbocycles. The average molecular weight is 766 g/mol. The van der Waals surface area contributed by atoms with Crippen molar-refractivity contribution >= 4 is 15.9 Å². The second kappa shape index (κ2) is 18.0. The van der Waals surface area contributed by atoms with Crippen molar-refractivity contribution in [2.45, 2.75) is 205 Å². The van der Waals surface area contributed by atoms with Crippen molar-refractivity contribution in [1.29, 1.82) is 0 Å². The lowest BCUT2D eigenvalue weighted by Crippen LogP contribution is -2.50. The highest BCUT2D eigenvalue weighted by Gasteiger charge is 2.54. The molecule has 0 aliphatic heterocycles. The number of unbranched alkanes of at least 4 members (excludes halogenated alkanes) is 5. The molecule has 0 spiro atoms. The minimum absolute atomic E-state index is 0.0916. The molecule has 0 radical (unpaired) electrons. The Morgan fingerprint density at radius 3 is 1.20 bits per heavy atom. The van der Waals surface area contributed by atoms with Crippen LogP contribution in [0.25, 0.3) is 0 Å². The van der Waals surface area contributed by atoms with Gasteiger partial charge in [0.25, 0.3) is 0 Å². The van der Waals surface area contributed by atoms with E-state index in [1.165, 1.54) is 92.9 Å². The van der Waals surface area contributed by atoms with Crippen LogP contribution in [0.2, 0.25) is 0 Å². The molecule has 0 aliphatic rings. The lowest BCUT2D eigenvalue weighted by Gasteiger charge is -2.59. The normalized spacial score (nSPS) is 15.3. The van der Waals surface area contributed by atoms with Gasteiger partial charge in [0.15, 0.2) is 0 Å². The lowest BCUT2D eigenvalue weighted by atomic mass is 9.46. The van der Waals surface area contributed by atoms with Crippen molar-refractivity contribution in [3.8, 4) is 0 Å². The fourth-order valence-corrected chi connectivity index (χ4v) is 11.8. The van der Waals surface area contributed by atoms with Gasteiger partial charge in [-0.25, -0.2) is 0 Å². The first-order valence-electron chi connectivity index (χ1n) is 21.0. The van der Waals surface area contributed by atoms with E-state index in [0.29, 0.717) is 11.8 Å². The molecule has 2 rings (SSSR count). The fraction of sp³-hybridized carbons (Fsp3) is 0.760. The van der Waals surface area contributed by atoms with Crippen molar-refractivity contribution < 1.29 is 0 Å². The first-order chi connectivity index (χ1) is 23.3. The third-order valence-corrected chi connectivity index (χ3v) is 14.9. The van der Waals surface area contributed by atoms with Gasteiger partial charge in [0.1, 0.15) is 0 Å². The van der Waals surface area contributed by atoms with E-state index in [1.807, 2.05) is 0 Å². The molecule has 0 aromatic heterocycles. The molecule has 0 amide bonds. The molecule has 2 atom stereocenters. The summed E-state index contributed by atoms with van der Waals surface area (Å²) in [5, 5.41) is 0.911. The van der Waals surface area contributed by atoms with Crippen LogP contribution < -0.4 is 0 Å². The van der Waals surface area contributed by atoms with Crippen LogP contribution in [0.1, 0.15) is 215 Å². The first kappa shape index (κ1) is 46.1. The summed E-state index contributed by atoms with van der Waals surface area (Å²) in [6.45, 7) is 43.2. The van der Waals surface area contributed by atoms with Gasteiger partial charge in [-0.15, -0.1) is 0 Å². The molecule has 0 N–H and O–H groups in total. The third kappa shape index (κ3) is 11.7. The van der Waals surface area contributed by atoms with Crippen LogP contribution in [-0.4, -0.2) is 0 Å². The van der Waals surface area contributed by atoms with Crippen LogP contribution in [0.5, 0.6) is 0 Å². The molecule has 0 saturated carbocycles. The largest absolute Gasteiger partial charge is 0.0876 e. The van der Waals surface area contributed by atoms with Crippen LogP contribution in [0.4, 0.5) is 0 Å². The zero-order chi connectivity index (χ0) is 39.1. The molecular weight excluding hydrogens is 680 g/mol. The van der Waals surface area contributed by atoms with Crippen LogP contribution >= 0.6 is 15.9 Å². The van der Waals surface area contributed by atoms with Crippen molar-refractivity contribution in [3.05, 3.63) is 70.8 Å². The number of rotatable bonds is 22. The molecule has 2 aromatic carbocycles. The van der Waals surface area contributed by atoms with E-state index < -0.39 is 0 Å². The lowest BCUT2D eigenvalue weighted by molar-refractivity contribution is -0.0814. The van der Waals surface area contributed by atoms with E-state index in [9.17, 15) is 0 Å². The van der Waals surface area contributed by atoms with E-state index in [0.717, 1.165) is 5.33 Å². The topological polar surface area (TPSA) is 0 Å². The quantitative estimate of drug-likeness (QED) is 0.0827. The Kier molecular flexibility index (Phi) is 16.3. The molecule has 0 nitrogen and oxygen atoms in total. The van der Waals surface area contributed by atoms with Crippen LogP contribution in [-0.2, 0) is 5.33 Å². The van der Waals surface area contributed by atoms with Crippen molar-refractivity contribution in [2.24, 2.45) is 37.9 Å². The van der Waals surface area contributed by atoms with Gasteiger partial charge < -0.3 is 0 Å². The van der Waals surface area contributed by atoms with Crippen molar-refractivity contribution in [2.75, 3.05) is 0 Å². The summed E-state index contributed by atoms with van der Waals surface area (Å²) >= 11 is 3.69. The van der Waals surface area contributed by atoms with Gasteiger partial charge in [-0.1, -0.05) is 226 Å². The van der Waals surface area contributed by atoms with E-state index in [-0.39, 0.29) is 37.9 Å². The second-order valence-corrected chi connectivity index (χ2v) is 22.2. The minimum Gasteiger partial charge on any atom is -0.0876 e. The average Bonchev–Trinajstić information content (AvgIpc) is 2.99. The molecule has 0 fully saturated rings. The summed E-state index contributed by atoms with van der Waals surface area (Å²) in [7, 11) is 0. The Bertz CT molecular complexity index is 1300. The first-order valence-corrected chi connectivity index (χ1v) is 22.2. The maximum Gasteiger partial charge on any atom is 0.0283 e. The molecule has 0 heterocycles. The summed E-state index contributed by atoms with van der Waals surface area (Å²) in [5.74, 6) is 0.956. The molecule has 1 heteroatoms. The summed E-state index contributed by atoms with van der Waals surface area (Å²) in [4.78, 5) is 0. The van der Waals surface area contributed by atoms with E-state index in [1.54, 1.807) is 0 Å². The molecular formula is C50H85Br.